The zero-order valence-corrected chi connectivity index (χ0v) is 10.4. The third kappa shape index (κ3) is 2.52. The number of nitrogens with zero attached hydrogens (tertiary/aromatic N) is 3. The Morgan fingerprint density at radius 3 is 3.06 bits per heavy atom. The third-order valence-corrected chi connectivity index (χ3v) is 3.10. The van der Waals surface area contributed by atoms with E-state index in [0.717, 1.165) is 25.8 Å². The van der Waals surface area contributed by atoms with E-state index in [2.05, 4.69) is 15.5 Å². The number of alkyl halides is 1. The molecule has 2 heterocycles. The summed E-state index contributed by atoms with van der Waals surface area (Å²) in [6, 6.07) is 0.159. The lowest BCUT2D eigenvalue weighted by Crippen LogP contribution is -2.49. The van der Waals surface area contributed by atoms with E-state index in [0.29, 0.717) is 11.9 Å². The SMILES string of the molecule is CNC(=O)C1CCCCN1c1nnc(CCl)o1. The topological polar surface area (TPSA) is 71.3 Å². The number of piperidine rings is 1. The Morgan fingerprint density at radius 2 is 2.41 bits per heavy atom. The first-order valence-corrected chi connectivity index (χ1v) is 6.16. The molecule has 6 nitrogen and oxygen atoms in total. The first-order valence-electron chi connectivity index (χ1n) is 5.63. The van der Waals surface area contributed by atoms with E-state index < -0.39 is 0 Å². The number of aromatic nitrogens is 2. The molecule has 1 atom stereocenters. The summed E-state index contributed by atoms with van der Waals surface area (Å²) < 4.78 is 5.39. The molecule has 1 saturated heterocycles. The van der Waals surface area contributed by atoms with Crippen molar-refractivity contribution in [3.63, 3.8) is 0 Å². The van der Waals surface area contributed by atoms with Gasteiger partial charge in [0.15, 0.2) is 0 Å². The van der Waals surface area contributed by atoms with Crippen LogP contribution in [0.5, 0.6) is 0 Å². The van der Waals surface area contributed by atoms with E-state index in [1.165, 1.54) is 0 Å². The number of likely N-dealkylation sites (N-methyl/N-ethyl adjacent to an activating group) is 1. The lowest BCUT2D eigenvalue weighted by Gasteiger charge is -2.32. The molecular formula is C10H15ClN4O2. The number of nitrogens with one attached hydrogen (secondary N) is 1. The van der Waals surface area contributed by atoms with Crippen LogP contribution in [0.3, 0.4) is 0 Å². The molecule has 1 aliphatic heterocycles. The van der Waals surface area contributed by atoms with Gasteiger partial charge in [-0.1, -0.05) is 5.10 Å². The number of hydrogen-bond acceptors (Lipinski definition) is 5. The predicted molar refractivity (Wildman–Crippen MR) is 62.9 cm³/mol. The summed E-state index contributed by atoms with van der Waals surface area (Å²) in [6.07, 6.45) is 2.86. The highest BCUT2D eigenvalue weighted by molar-refractivity contribution is 6.16. The molecule has 1 unspecified atom stereocenters. The molecule has 1 N–H and O–H groups in total. The zero-order chi connectivity index (χ0) is 12.3. The first-order chi connectivity index (χ1) is 8.26. The minimum absolute atomic E-state index is 0.0182. The van der Waals surface area contributed by atoms with Gasteiger partial charge in [-0.2, -0.15) is 0 Å². The van der Waals surface area contributed by atoms with Crippen molar-refractivity contribution in [3.05, 3.63) is 5.89 Å². The van der Waals surface area contributed by atoms with Crippen LogP contribution in [0.4, 0.5) is 6.01 Å². The Bertz CT molecular complexity index is 395. The molecule has 0 saturated carbocycles. The van der Waals surface area contributed by atoms with Crippen LogP contribution in [-0.4, -0.2) is 35.7 Å². The molecule has 7 heteroatoms. The minimum atomic E-state index is -0.225. The van der Waals surface area contributed by atoms with Crippen LogP contribution in [0.2, 0.25) is 0 Å². The second kappa shape index (κ2) is 5.35. The fourth-order valence-electron chi connectivity index (χ4n) is 2.01. The van der Waals surface area contributed by atoms with Gasteiger partial charge in [0.1, 0.15) is 11.9 Å². The highest BCUT2D eigenvalue weighted by Crippen LogP contribution is 2.24. The van der Waals surface area contributed by atoms with Gasteiger partial charge in [0.05, 0.1) is 0 Å². The van der Waals surface area contributed by atoms with Gasteiger partial charge >= 0.3 is 6.01 Å². The van der Waals surface area contributed by atoms with Crippen LogP contribution >= 0.6 is 11.6 Å². The molecule has 0 bridgehead atoms. The molecule has 0 spiro atoms. The van der Waals surface area contributed by atoms with Gasteiger partial charge < -0.3 is 14.6 Å². The Labute approximate surface area is 104 Å². The Balaban J connectivity index is 2.18. The van der Waals surface area contributed by atoms with Crippen molar-refractivity contribution >= 4 is 23.5 Å². The molecule has 2 rings (SSSR count). The van der Waals surface area contributed by atoms with Crippen LogP contribution in [0, 0.1) is 0 Å². The maximum atomic E-state index is 11.8. The van der Waals surface area contributed by atoms with E-state index in [4.69, 9.17) is 16.0 Å². The van der Waals surface area contributed by atoms with Crippen molar-refractivity contribution in [2.24, 2.45) is 0 Å². The summed E-state index contributed by atoms with van der Waals surface area (Å²) >= 11 is 5.61. The molecule has 94 valence electrons. The van der Waals surface area contributed by atoms with Crippen molar-refractivity contribution in [2.45, 2.75) is 31.2 Å². The summed E-state index contributed by atoms with van der Waals surface area (Å²) in [5.74, 6) is 0.545. The quantitative estimate of drug-likeness (QED) is 0.816. The van der Waals surface area contributed by atoms with Crippen molar-refractivity contribution in [1.82, 2.24) is 15.5 Å². The van der Waals surface area contributed by atoms with Gasteiger partial charge in [-0.15, -0.1) is 16.7 Å². The average molecular weight is 259 g/mol. The fourth-order valence-corrected chi connectivity index (χ4v) is 2.12. The average Bonchev–Trinajstić information content (AvgIpc) is 2.86. The highest BCUT2D eigenvalue weighted by atomic mass is 35.5. The van der Waals surface area contributed by atoms with Crippen LogP contribution in [0.15, 0.2) is 4.42 Å². The minimum Gasteiger partial charge on any atom is -0.407 e. The molecule has 1 amide bonds. The predicted octanol–water partition coefficient (Wildman–Crippen LogP) is 0.913. The van der Waals surface area contributed by atoms with E-state index in [9.17, 15) is 4.79 Å². The van der Waals surface area contributed by atoms with E-state index in [1.807, 2.05) is 4.90 Å². The molecule has 1 aromatic rings. The monoisotopic (exact) mass is 258 g/mol. The first kappa shape index (κ1) is 12.2. The third-order valence-electron chi connectivity index (χ3n) is 2.87. The van der Waals surface area contributed by atoms with Gasteiger partial charge in [0.2, 0.25) is 11.8 Å². The van der Waals surface area contributed by atoms with Crippen molar-refractivity contribution in [2.75, 3.05) is 18.5 Å². The number of halogens is 1. The zero-order valence-electron chi connectivity index (χ0n) is 9.65. The number of amides is 1. The Morgan fingerprint density at radius 1 is 1.59 bits per heavy atom. The maximum Gasteiger partial charge on any atom is 0.318 e. The van der Waals surface area contributed by atoms with Gasteiger partial charge in [-0.3, -0.25) is 4.79 Å². The fraction of sp³-hybridized carbons (Fsp3) is 0.700. The van der Waals surface area contributed by atoms with Crippen LogP contribution in [-0.2, 0) is 10.7 Å². The highest BCUT2D eigenvalue weighted by Gasteiger charge is 2.31. The number of rotatable bonds is 3. The smallest absolute Gasteiger partial charge is 0.318 e. The summed E-state index contributed by atoms with van der Waals surface area (Å²) in [5.41, 5.74) is 0. The largest absolute Gasteiger partial charge is 0.407 e. The van der Waals surface area contributed by atoms with Crippen molar-refractivity contribution < 1.29 is 9.21 Å². The second-order valence-corrected chi connectivity index (χ2v) is 4.20. The van der Waals surface area contributed by atoms with Crippen LogP contribution in [0.25, 0.3) is 0 Å². The van der Waals surface area contributed by atoms with E-state index >= 15 is 0 Å². The number of carbonyl (C=O) groups is 1. The van der Waals surface area contributed by atoms with Crippen molar-refractivity contribution in [3.8, 4) is 0 Å². The molecular weight excluding hydrogens is 244 g/mol. The van der Waals surface area contributed by atoms with E-state index in [-0.39, 0.29) is 17.8 Å². The van der Waals surface area contributed by atoms with Gasteiger partial charge in [-0.05, 0) is 19.3 Å². The Hall–Kier alpha value is -1.30. The normalized spacial score (nSPS) is 20.4. The molecule has 1 aromatic heterocycles. The summed E-state index contributed by atoms with van der Waals surface area (Å²) in [7, 11) is 1.63. The molecule has 17 heavy (non-hydrogen) atoms. The number of anilines is 1. The molecule has 1 aliphatic rings. The lowest BCUT2D eigenvalue weighted by atomic mass is 10.0. The van der Waals surface area contributed by atoms with Gasteiger partial charge in [-0.25, -0.2) is 0 Å². The van der Waals surface area contributed by atoms with Crippen LogP contribution in [0.1, 0.15) is 25.2 Å². The maximum absolute atomic E-state index is 11.8. The molecule has 0 radical (unpaired) electrons. The summed E-state index contributed by atoms with van der Waals surface area (Å²) in [5, 5.41) is 10.4. The summed E-state index contributed by atoms with van der Waals surface area (Å²) in [4.78, 5) is 13.6. The lowest BCUT2D eigenvalue weighted by molar-refractivity contribution is -0.122. The molecule has 0 aliphatic carbocycles. The summed E-state index contributed by atoms with van der Waals surface area (Å²) in [6.45, 7) is 0.752. The second-order valence-electron chi connectivity index (χ2n) is 3.93. The van der Waals surface area contributed by atoms with Crippen molar-refractivity contribution in [1.29, 1.82) is 0 Å². The standard InChI is InChI=1S/C10H15ClN4O2/c1-12-9(16)7-4-2-3-5-15(7)10-14-13-8(6-11)17-10/h7H,2-6H2,1H3,(H,12,16). The molecule has 0 aromatic carbocycles. The van der Waals surface area contributed by atoms with Gasteiger partial charge in [0, 0.05) is 13.6 Å². The Kier molecular flexibility index (Phi) is 3.83. The number of hydrogen-bond donors (Lipinski definition) is 1. The van der Waals surface area contributed by atoms with Gasteiger partial charge in [0.25, 0.3) is 0 Å². The number of carbonyl (C=O) groups excluding carboxylic acids is 1. The van der Waals surface area contributed by atoms with E-state index in [1.54, 1.807) is 7.05 Å². The van der Waals surface area contributed by atoms with Crippen LogP contribution < -0.4 is 10.2 Å². The molecule has 1 fully saturated rings.